The Morgan fingerprint density at radius 3 is 2.75 bits per heavy atom. The van der Waals surface area contributed by atoms with Crippen LogP contribution in [0.3, 0.4) is 0 Å². The van der Waals surface area contributed by atoms with E-state index < -0.39 is 0 Å². The molecule has 1 N–H and O–H groups in total. The minimum atomic E-state index is -0.310. The van der Waals surface area contributed by atoms with Gasteiger partial charge in [0, 0.05) is 5.75 Å². The zero-order valence-corrected chi connectivity index (χ0v) is 17.3. The van der Waals surface area contributed by atoms with Crippen molar-refractivity contribution in [3.05, 3.63) is 54.1 Å². The van der Waals surface area contributed by atoms with E-state index in [1.807, 2.05) is 56.3 Å². The van der Waals surface area contributed by atoms with Gasteiger partial charge in [0.25, 0.3) is 0 Å². The normalized spacial score (nSPS) is 16.8. The van der Waals surface area contributed by atoms with Gasteiger partial charge in [0.2, 0.25) is 11.8 Å². The molecule has 0 fully saturated rings. The maximum Gasteiger partial charge on any atom is 0.244 e. The number of carbonyl (C=O) groups excluding carboxylic acids is 2. The van der Waals surface area contributed by atoms with Crippen LogP contribution in [-0.4, -0.2) is 28.0 Å². The van der Waals surface area contributed by atoms with Gasteiger partial charge >= 0.3 is 0 Å². The highest BCUT2D eigenvalue weighted by Gasteiger charge is 2.34. The summed E-state index contributed by atoms with van der Waals surface area (Å²) in [4.78, 5) is 31.9. The second kappa shape index (κ2) is 8.01. The number of aliphatic imine (C=N–C) groups is 1. The maximum atomic E-state index is 13.4. The van der Waals surface area contributed by atoms with Gasteiger partial charge in [-0.3, -0.25) is 14.5 Å². The molecule has 0 radical (unpaired) electrons. The number of nitrogens with one attached hydrogen (secondary N) is 1. The first-order valence-corrected chi connectivity index (χ1v) is 11.1. The number of rotatable bonds is 3. The van der Waals surface area contributed by atoms with Crippen LogP contribution in [0.2, 0.25) is 0 Å². The predicted molar refractivity (Wildman–Crippen MR) is 118 cm³/mol. The van der Waals surface area contributed by atoms with Crippen LogP contribution in [0.5, 0.6) is 0 Å². The minimum Gasteiger partial charge on any atom is -0.323 e. The van der Waals surface area contributed by atoms with Crippen LogP contribution < -0.4 is 10.2 Å². The highest BCUT2D eigenvalue weighted by molar-refractivity contribution is 8.39. The van der Waals surface area contributed by atoms with Crippen molar-refractivity contribution in [3.8, 4) is 0 Å². The Balaban J connectivity index is 1.60. The van der Waals surface area contributed by atoms with E-state index in [1.165, 1.54) is 17.3 Å². The molecule has 2 aromatic rings. The highest BCUT2D eigenvalue weighted by atomic mass is 32.2. The minimum absolute atomic E-state index is 0.0437. The van der Waals surface area contributed by atoms with Crippen molar-refractivity contribution < 1.29 is 9.59 Å². The van der Waals surface area contributed by atoms with E-state index in [1.54, 1.807) is 16.7 Å². The summed E-state index contributed by atoms with van der Waals surface area (Å²) in [5, 5.41) is 2.53. The van der Waals surface area contributed by atoms with E-state index in [0.29, 0.717) is 5.69 Å². The predicted octanol–water partition coefficient (Wildman–Crippen LogP) is 4.66. The van der Waals surface area contributed by atoms with Crippen LogP contribution in [0.25, 0.3) is 0 Å². The molecule has 0 aromatic heterocycles. The van der Waals surface area contributed by atoms with Gasteiger partial charge in [-0.15, -0.1) is 0 Å². The molecule has 5 nitrogen and oxygen atoms in total. The molecule has 0 spiro atoms. The lowest BCUT2D eigenvalue weighted by atomic mass is 10.1. The van der Waals surface area contributed by atoms with Crippen molar-refractivity contribution in [3.63, 3.8) is 0 Å². The molecular formula is C21H21N3O2S2. The van der Waals surface area contributed by atoms with Crippen LogP contribution in [0.1, 0.15) is 19.4 Å². The zero-order chi connectivity index (χ0) is 19.7. The fraction of sp³-hybridized carbons (Fsp3) is 0.286. The second-order valence-electron chi connectivity index (χ2n) is 7.07. The lowest BCUT2D eigenvalue weighted by molar-refractivity contribution is -0.122. The number of anilines is 2. The summed E-state index contributed by atoms with van der Waals surface area (Å²) in [7, 11) is 0. The molecule has 7 heteroatoms. The monoisotopic (exact) mass is 411 g/mol. The molecule has 28 heavy (non-hydrogen) atoms. The molecule has 144 valence electrons. The fourth-order valence-corrected chi connectivity index (χ4v) is 5.55. The SMILES string of the molecule is CC(C)C(SC1=Nc2ccccc2CS1)C(=O)N1CC(=O)Nc2ccccc21. The van der Waals surface area contributed by atoms with Crippen molar-refractivity contribution in [2.24, 2.45) is 10.9 Å². The van der Waals surface area contributed by atoms with E-state index in [9.17, 15) is 9.59 Å². The van der Waals surface area contributed by atoms with Crippen LogP contribution >= 0.6 is 23.5 Å². The molecule has 0 saturated heterocycles. The van der Waals surface area contributed by atoms with Crippen LogP contribution in [0.15, 0.2) is 53.5 Å². The topological polar surface area (TPSA) is 61.8 Å². The fourth-order valence-electron chi connectivity index (χ4n) is 3.24. The third-order valence-corrected chi connectivity index (χ3v) is 7.40. The molecule has 1 atom stereocenters. The molecule has 4 rings (SSSR count). The number of carbonyl (C=O) groups is 2. The standard InChI is InChI=1S/C21H21N3O2S2/c1-13(2)19(28-21-23-15-8-4-3-7-14(15)12-27-21)20(26)24-11-18(25)22-16-9-5-6-10-17(16)24/h3-10,13,19H,11-12H2,1-2H3,(H,22,25). The zero-order valence-electron chi connectivity index (χ0n) is 15.7. The van der Waals surface area contributed by atoms with Gasteiger partial charge in [0.1, 0.15) is 10.9 Å². The van der Waals surface area contributed by atoms with Crippen molar-refractivity contribution >= 4 is 56.8 Å². The maximum absolute atomic E-state index is 13.4. The average Bonchev–Trinajstić information content (AvgIpc) is 2.70. The summed E-state index contributed by atoms with van der Waals surface area (Å²) in [6, 6.07) is 15.5. The van der Waals surface area contributed by atoms with Gasteiger partial charge in [0.15, 0.2) is 0 Å². The Bertz CT molecular complexity index is 958. The molecule has 0 bridgehead atoms. The number of hydrogen-bond donors (Lipinski definition) is 1. The summed E-state index contributed by atoms with van der Waals surface area (Å²) in [6.07, 6.45) is 0. The van der Waals surface area contributed by atoms with Gasteiger partial charge in [-0.2, -0.15) is 0 Å². The first kappa shape index (κ1) is 19.1. The lowest BCUT2D eigenvalue weighted by Crippen LogP contribution is -2.47. The van der Waals surface area contributed by atoms with Crippen molar-refractivity contribution in [1.82, 2.24) is 0 Å². The van der Waals surface area contributed by atoms with Crippen LogP contribution in [0, 0.1) is 5.92 Å². The summed E-state index contributed by atoms with van der Waals surface area (Å²) in [6.45, 7) is 4.11. The number of fused-ring (bicyclic) bond motifs is 2. The quantitative estimate of drug-likeness (QED) is 0.798. The molecule has 2 amide bonds. The molecule has 2 aromatic carbocycles. The third-order valence-electron chi connectivity index (χ3n) is 4.67. The number of para-hydroxylation sites is 3. The largest absolute Gasteiger partial charge is 0.323 e. The Morgan fingerprint density at radius 1 is 1.18 bits per heavy atom. The number of amides is 2. The van der Waals surface area contributed by atoms with Crippen molar-refractivity contribution in [2.75, 3.05) is 16.8 Å². The van der Waals surface area contributed by atoms with E-state index >= 15 is 0 Å². The number of thioether (sulfide) groups is 2. The van der Waals surface area contributed by atoms with Crippen molar-refractivity contribution in [1.29, 1.82) is 0 Å². The van der Waals surface area contributed by atoms with Crippen LogP contribution in [-0.2, 0) is 15.3 Å². The van der Waals surface area contributed by atoms with E-state index in [0.717, 1.165) is 21.5 Å². The number of hydrogen-bond acceptors (Lipinski definition) is 5. The summed E-state index contributed by atoms with van der Waals surface area (Å²) in [5.74, 6) is 0.744. The van der Waals surface area contributed by atoms with E-state index in [-0.39, 0.29) is 29.5 Å². The first-order valence-electron chi connectivity index (χ1n) is 9.19. The Hall–Kier alpha value is -2.25. The van der Waals surface area contributed by atoms with Gasteiger partial charge in [-0.25, -0.2) is 4.99 Å². The summed E-state index contributed by atoms with van der Waals surface area (Å²) >= 11 is 3.17. The number of benzene rings is 2. The second-order valence-corrected chi connectivity index (χ2v) is 9.42. The number of nitrogens with zero attached hydrogens (tertiary/aromatic N) is 2. The van der Waals surface area contributed by atoms with E-state index in [2.05, 4.69) is 11.4 Å². The van der Waals surface area contributed by atoms with E-state index in [4.69, 9.17) is 4.99 Å². The van der Waals surface area contributed by atoms with Gasteiger partial charge in [0.05, 0.1) is 22.3 Å². The highest BCUT2D eigenvalue weighted by Crippen LogP contribution is 2.39. The summed E-state index contributed by atoms with van der Waals surface area (Å²) < 4.78 is 0.903. The molecule has 0 aliphatic carbocycles. The molecule has 2 aliphatic heterocycles. The molecule has 1 unspecified atom stereocenters. The molecular weight excluding hydrogens is 390 g/mol. The Labute approximate surface area is 173 Å². The molecule has 2 heterocycles. The van der Waals surface area contributed by atoms with Crippen molar-refractivity contribution in [2.45, 2.75) is 24.9 Å². The van der Waals surface area contributed by atoms with Crippen LogP contribution in [0.4, 0.5) is 17.1 Å². The van der Waals surface area contributed by atoms with Gasteiger partial charge in [-0.1, -0.05) is 67.7 Å². The summed E-state index contributed by atoms with van der Waals surface area (Å²) in [5.41, 5.74) is 3.62. The lowest BCUT2D eigenvalue weighted by Gasteiger charge is -2.33. The molecule has 0 saturated carbocycles. The Kier molecular flexibility index (Phi) is 5.46. The first-order chi connectivity index (χ1) is 13.5. The van der Waals surface area contributed by atoms with Gasteiger partial charge in [-0.05, 0) is 29.7 Å². The average molecular weight is 412 g/mol. The van der Waals surface area contributed by atoms with Gasteiger partial charge < -0.3 is 5.32 Å². The third kappa shape index (κ3) is 3.82. The molecule has 2 aliphatic rings. The Morgan fingerprint density at radius 2 is 1.93 bits per heavy atom. The smallest absolute Gasteiger partial charge is 0.244 e.